The summed E-state index contributed by atoms with van der Waals surface area (Å²) in [6, 6.07) is 4.64. The lowest BCUT2D eigenvalue weighted by molar-refractivity contribution is -0.131. The molecule has 0 bridgehead atoms. The predicted octanol–water partition coefficient (Wildman–Crippen LogP) is 2.13. The highest BCUT2D eigenvalue weighted by Gasteiger charge is 2.06. The molecule has 1 rings (SSSR count). The van der Waals surface area contributed by atoms with Gasteiger partial charge in [0.15, 0.2) is 0 Å². The van der Waals surface area contributed by atoms with Crippen LogP contribution in [-0.2, 0) is 11.3 Å². The first-order chi connectivity index (χ1) is 9.38. The zero-order valence-corrected chi connectivity index (χ0v) is 11.7. The second-order valence-electron chi connectivity index (χ2n) is 4.90. The topological polar surface area (TPSA) is 60.8 Å². The number of benzene rings is 1. The van der Waals surface area contributed by atoms with Crippen LogP contribution in [0.25, 0.3) is 6.08 Å². The molecule has 0 fully saturated rings. The molecule has 0 spiro atoms. The minimum atomic E-state index is -1.11. The third-order valence-electron chi connectivity index (χ3n) is 2.85. The molecule has 20 heavy (non-hydrogen) atoms. The Kier molecular flexibility index (Phi) is 6.35. The van der Waals surface area contributed by atoms with Crippen molar-refractivity contribution in [1.82, 2.24) is 4.90 Å². The largest absolute Gasteiger partial charge is 0.478 e. The van der Waals surface area contributed by atoms with Gasteiger partial charge in [0.25, 0.3) is 0 Å². The molecule has 5 heteroatoms. The molecule has 0 aliphatic heterocycles. The van der Waals surface area contributed by atoms with Crippen LogP contribution in [0.4, 0.5) is 4.39 Å². The number of hydrogen-bond donors (Lipinski definition) is 2. The summed E-state index contributed by atoms with van der Waals surface area (Å²) < 4.78 is 13.5. The molecule has 0 aromatic heterocycles. The number of hydrogen-bond acceptors (Lipinski definition) is 3. The Labute approximate surface area is 118 Å². The Bertz CT molecular complexity index is 486. The maximum absolute atomic E-state index is 13.5. The minimum Gasteiger partial charge on any atom is -0.478 e. The molecule has 1 aromatic carbocycles. The molecular weight excluding hydrogens is 261 g/mol. The van der Waals surface area contributed by atoms with E-state index in [2.05, 4.69) is 0 Å². The second-order valence-corrected chi connectivity index (χ2v) is 4.90. The SMILES string of the molecule is CC(O)CCN(C)Cc1ccc(F)c(/C=C/C(=O)O)c1. The van der Waals surface area contributed by atoms with Crippen molar-refractivity contribution < 1.29 is 19.4 Å². The van der Waals surface area contributed by atoms with E-state index in [0.717, 1.165) is 18.2 Å². The van der Waals surface area contributed by atoms with Gasteiger partial charge in [-0.25, -0.2) is 9.18 Å². The maximum atomic E-state index is 13.5. The normalized spacial score (nSPS) is 13.1. The zero-order valence-electron chi connectivity index (χ0n) is 11.7. The van der Waals surface area contributed by atoms with Crippen molar-refractivity contribution >= 4 is 12.0 Å². The highest BCUT2D eigenvalue weighted by molar-refractivity contribution is 5.85. The van der Waals surface area contributed by atoms with E-state index < -0.39 is 11.8 Å². The van der Waals surface area contributed by atoms with Crippen LogP contribution in [-0.4, -0.2) is 40.8 Å². The van der Waals surface area contributed by atoms with Gasteiger partial charge in [-0.05, 0) is 44.2 Å². The zero-order chi connectivity index (χ0) is 15.1. The highest BCUT2D eigenvalue weighted by atomic mass is 19.1. The van der Waals surface area contributed by atoms with Crippen molar-refractivity contribution in [3.8, 4) is 0 Å². The number of nitrogens with zero attached hydrogens (tertiary/aromatic N) is 1. The first-order valence-electron chi connectivity index (χ1n) is 6.44. The Morgan fingerprint density at radius 1 is 1.50 bits per heavy atom. The van der Waals surface area contributed by atoms with Crippen molar-refractivity contribution in [2.75, 3.05) is 13.6 Å². The number of carboxylic acid groups (broad SMARTS) is 1. The van der Waals surface area contributed by atoms with Gasteiger partial charge in [0.1, 0.15) is 5.82 Å². The van der Waals surface area contributed by atoms with Crippen molar-refractivity contribution in [2.24, 2.45) is 0 Å². The predicted molar refractivity (Wildman–Crippen MR) is 75.7 cm³/mol. The molecule has 0 saturated carbocycles. The molecule has 0 radical (unpaired) electrons. The van der Waals surface area contributed by atoms with Crippen LogP contribution < -0.4 is 0 Å². The van der Waals surface area contributed by atoms with Crippen molar-refractivity contribution in [2.45, 2.75) is 26.0 Å². The number of halogens is 1. The van der Waals surface area contributed by atoms with Crippen LogP contribution in [0, 0.1) is 5.82 Å². The van der Waals surface area contributed by atoms with Gasteiger partial charge in [0.2, 0.25) is 0 Å². The monoisotopic (exact) mass is 281 g/mol. The first kappa shape index (κ1) is 16.3. The van der Waals surface area contributed by atoms with Crippen LogP contribution in [0.2, 0.25) is 0 Å². The Morgan fingerprint density at radius 2 is 2.20 bits per heavy atom. The van der Waals surface area contributed by atoms with Crippen LogP contribution in [0.1, 0.15) is 24.5 Å². The lowest BCUT2D eigenvalue weighted by Crippen LogP contribution is -2.22. The molecule has 0 amide bonds. The van der Waals surface area contributed by atoms with Gasteiger partial charge in [0.05, 0.1) is 6.10 Å². The Hall–Kier alpha value is -1.72. The molecule has 0 aliphatic rings. The number of carbonyl (C=O) groups is 1. The average molecular weight is 281 g/mol. The third kappa shape index (κ3) is 5.95. The van der Waals surface area contributed by atoms with Crippen molar-refractivity contribution in [3.05, 3.63) is 41.2 Å². The fourth-order valence-electron chi connectivity index (χ4n) is 1.78. The highest BCUT2D eigenvalue weighted by Crippen LogP contribution is 2.14. The van der Waals surface area contributed by atoms with Gasteiger partial charge in [-0.1, -0.05) is 6.07 Å². The van der Waals surface area contributed by atoms with E-state index in [1.165, 1.54) is 12.1 Å². The summed E-state index contributed by atoms with van der Waals surface area (Å²) in [6.07, 6.45) is 2.49. The van der Waals surface area contributed by atoms with Crippen LogP contribution in [0.5, 0.6) is 0 Å². The number of rotatable bonds is 7. The van der Waals surface area contributed by atoms with E-state index in [1.54, 1.807) is 19.1 Å². The number of aliphatic hydroxyl groups excluding tert-OH is 1. The van der Waals surface area contributed by atoms with E-state index in [0.29, 0.717) is 13.0 Å². The first-order valence-corrected chi connectivity index (χ1v) is 6.44. The standard InChI is InChI=1S/C15H20FNO3/c1-11(18)7-8-17(2)10-12-3-5-14(16)13(9-12)4-6-15(19)20/h3-6,9,11,18H,7-8,10H2,1-2H3,(H,19,20)/b6-4+. The van der Waals surface area contributed by atoms with Crippen LogP contribution in [0.15, 0.2) is 24.3 Å². The smallest absolute Gasteiger partial charge is 0.328 e. The van der Waals surface area contributed by atoms with E-state index >= 15 is 0 Å². The summed E-state index contributed by atoms with van der Waals surface area (Å²) in [5, 5.41) is 17.8. The lowest BCUT2D eigenvalue weighted by Gasteiger charge is -2.17. The molecule has 2 N–H and O–H groups in total. The molecule has 4 nitrogen and oxygen atoms in total. The quantitative estimate of drug-likeness (QED) is 0.752. The molecular formula is C15H20FNO3. The van der Waals surface area contributed by atoms with E-state index in [1.807, 2.05) is 11.9 Å². The minimum absolute atomic E-state index is 0.258. The van der Waals surface area contributed by atoms with Gasteiger partial charge >= 0.3 is 5.97 Å². The fourth-order valence-corrected chi connectivity index (χ4v) is 1.78. The van der Waals surface area contributed by atoms with E-state index in [4.69, 9.17) is 5.11 Å². The summed E-state index contributed by atoms with van der Waals surface area (Å²) in [5.41, 5.74) is 1.15. The summed E-state index contributed by atoms with van der Waals surface area (Å²) >= 11 is 0. The molecule has 0 saturated heterocycles. The van der Waals surface area contributed by atoms with Crippen LogP contribution in [0.3, 0.4) is 0 Å². The maximum Gasteiger partial charge on any atom is 0.328 e. The third-order valence-corrected chi connectivity index (χ3v) is 2.85. The molecule has 0 heterocycles. The fraction of sp³-hybridized carbons (Fsp3) is 0.400. The molecule has 1 aromatic rings. The Morgan fingerprint density at radius 3 is 2.80 bits per heavy atom. The van der Waals surface area contributed by atoms with Crippen LogP contribution >= 0.6 is 0 Å². The van der Waals surface area contributed by atoms with Gasteiger partial charge in [-0.15, -0.1) is 0 Å². The number of aliphatic carboxylic acids is 1. The van der Waals surface area contributed by atoms with Crippen molar-refractivity contribution in [3.63, 3.8) is 0 Å². The van der Waals surface area contributed by atoms with Gasteiger partial charge in [0, 0.05) is 24.7 Å². The molecule has 1 atom stereocenters. The van der Waals surface area contributed by atoms with Crippen molar-refractivity contribution in [1.29, 1.82) is 0 Å². The van der Waals surface area contributed by atoms with E-state index in [-0.39, 0.29) is 11.7 Å². The summed E-state index contributed by atoms with van der Waals surface area (Å²) in [4.78, 5) is 12.5. The summed E-state index contributed by atoms with van der Waals surface area (Å²) in [7, 11) is 1.92. The second kappa shape index (κ2) is 7.77. The summed E-state index contributed by atoms with van der Waals surface area (Å²) in [5.74, 6) is -1.55. The van der Waals surface area contributed by atoms with Gasteiger partial charge < -0.3 is 15.1 Å². The van der Waals surface area contributed by atoms with Gasteiger partial charge in [-0.3, -0.25) is 0 Å². The average Bonchev–Trinajstić information content (AvgIpc) is 2.37. The van der Waals surface area contributed by atoms with E-state index in [9.17, 15) is 14.3 Å². The molecule has 0 aliphatic carbocycles. The molecule has 110 valence electrons. The lowest BCUT2D eigenvalue weighted by atomic mass is 10.1. The Balaban J connectivity index is 2.72. The number of carboxylic acids is 1. The number of aliphatic hydroxyl groups is 1. The summed E-state index contributed by atoms with van der Waals surface area (Å²) in [6.45, 7) is 3.08. The van der Waals surface area contributed by atoms with Gasteiger partial charge in [-0.2, -0.15) is 0 Å². The molecule has 1 unspecified atom stereocenters.